The van der Waals surface area contributed by atoms with Gasteiger partial charge in [0.15, 0.2) is 0 Å². The minimum Gasteiger partial charge on any atom is -0.481 e. The summed E-state index contributed by atoms with van der Waals surface area (Å²) in [4.78, 5) is 28.0. The van der Waals surface area contributed by atoms with Crippen molar-refractivity contribution in [2.24, 2.45) is 0 Å². The van der Waals surface area contributed by atoms with Crippen LogP contribution in [0, 0.1) is 0 Å². The Morgan fingerprint density at radius 3 is 2.79 bits per heavy atom. The van der Waals surface area contributed by atoms with Crippen molar-refractivity contribution in [3.05, 3.63) is 0 Å². The van der Waals surface area contributed by atoms with Gasteiger partial charge in [0.1, 0.15) is 0 Å². The van der Waals surface area contributed by atoms with Crippen LogP contribution in [0.15, 0.2) is 0 Å². The minimum atomic E-state index is -1.46. The highest BCUT2D eigenvalue weighted by Crippen LogP contribution is 2.46. The minimum absolute atomic E-state index is 0.120. The van der Waals surface area contributed by atoms with E-state index in [1.54, 1.807) is 0 Å². The number of esters is 1. The van der Waals surface area contributed by atoms with E-state index in [2.05, 4.69) is 5.48 Å². The maximum Gasteiger partial charge on any atom is 0.371 e. The highest BCUT2D eigenvalue weighted by atomic mass is 16.9. The van der Waals surface area contributed by atoms with Gasteiger partial charge in [0.05, 0.1) is 6.42 Å². The standard InChI is InChI=1S/C12H17NO6/c14-9(15)6-8-7-12(19-13-8)10(16)17-11(18-12)4-2-1-3-5-11/h8,13H,1-7H2,(H,14,15). The molecule has 7 heteroatoms. The van der Waals surface area contributed by atoms with Crippen molar-refractivity contribution in [3.8, 4) is 0 Å². The molecule has 0 amide bonds. The van der Waals surface area contributed by atoms with Gasteiger partial charge in [0.25, 0.3) is 5.79 Å². The van der Waals surface area contributed by atoms with Gasteiger partial charge in [-0.25, -0.2) is 4.79 Å². The maximum absolute atomic E-state index is 12.0. The molecule has 3 aliphatic rings. The van der Waals surface area contributed by atoms with Gasteiger partial charge in [-0.15, -0.1) is 0 Å². The van der Waals surface area contributed by atoms with Crippen LogP contribution in [0.4, 0.5) is 0 Å². The smallest absolute Gasteiger partial charge is 0.371 e. The molecule has 7 nitrogen and oxygen atoms in total. The summed E-state index contributed by atoms with van der Waals surface area (Å²) in [6, 6.07) is -0.441. The summed E-state index contributed by atoms with van der Waals surface area (Å²) >= 11 is 0. The fourth-order valence-electron chi connectivity index (χ4n) is 3.00. The molecule has 2 unspecified atom stereocenters. The van der Waals surface area contributed by atoms with Crippen molar-refractivity contribution in [1.82, 2.24) is 5.48 Å². The van der Waals surface area contributed by atoms with Crippen molar-refractivity contribution < 1.29 is 29.0 Å². The summed E-state index contributed by atoms with van der Waals surface area (Å²) in [7, 11) is 0. The van der Waals surface area contributed by atoms with Crippen molar-refractivity contribution in [3.63, 3.8) is 0 Å². The SMILES string of the molecule is O=C(O)CC1CC2(ON1)OC1(CCCCC1)OC2=O. The third-order valence-electron chi connectivity index (χ3n) is 3.88. The lowest BCUT2D eigenvalue weighted by Gasteiger charge is -2.31. The zero-order valence-corrected chi connectivity index (χ0v) is 10.5. The fraction of sp³-hybridized carbons (Fsp3) is 0.833. The molecule has 1 saturated carbocycles. The van der Waals surface area contributed by atoms with E-state index in [9.17, 15) is 9.59 Å². The van der Waals surface area contributed by atoms with Gasteiger partial charge in [-0.2, -0.15) is 5.48 Å². The van der Waals surface area contributed by atoms with Gasteiger partial charge < -0.3 is 9.84 Å². The highest BCUT2D eigenvalue weighted by molar-refractivity contribution is 5.80. The Kier molecular flexibility index (Phi) is 2.99. The van der Waals surface area contributed by atoms with Crippen molar-refractivity contribution in [2.75, 3.05) is 0 Å². The van der Waals surface area contributed by atoms with Gasteiger partial charge in [-0.05, 0) is 12.8 Å². The molecule has 2 spiro atoms. The first-order valence-corrected chi connectivity index (χ1v) is 6.63. The number of carbonyl (C=O) groups is 2. The van der Waals surface area contributed by atoms with Crippen LogP contribution >= 0.6 is 0 Å². The summed E-state index contributed by atoms with van der Waals surface area (Å²) in [6.07, 6.45) is 4.41. The van der Waals surface area contributed by atoms with Crippen LogP contribution in [0.25, 0.3) is 0 Å². The third kappa shape index (κ3) is 2.22. The van der Waals surface area contributed by atoms with Gasteiger partial charge in [-0.3, -0.25) is 14.4 Å². The Labute approximate surface area is 110 Å². The van der Waals surface area contributed by atoms with E-state index in [0.29, 0.717) is 12.8 Å². The van der Waals surface area contributed by atoms with Crippen LogP contribution in [-0.4, -0.2) is 34.7 Å². The van der Waals surface area contributed by atoms with Crippen molar-refractivity contribution in [1.29, 1.82) is 0 Å². The van der Waals surface area contributed by atoms with Crippen molar-refractivity contribution in [2.45, 2.75) is 62.6 Å². The van der Waals surface area contributed by atoms with E-state index in [4.69, 9.17) is 19.4 Å². The second kappa shape index (κ2) is 4.43. The molecule has 0 aromatic heterocycles. The molecule has 0 aromatic carbocycles. The molecule has 0 aromatic rings. The van der Waals surface area contributed by atoms with Gasteiger partial charge in [0, 0.05) is 25.3 Å². The molecule has 19 heavy (non-hydrogen) atoms. The number of nitrogens with one attached hydrogen (secondary N) is 1. The first-order valence-electron chi connectivity index (χ1n) is 6.63. The summed E-state index contributed by atoms with van der Waals surface area (Å²) in [5.74, 6) is -3.82. The molecule has 2 heterocycles. The Morgan fingerprint density at radius 2 is 2.11 bits per heavy atom. The average Bonchev–Trinajstić information content (AvgIpc) is 2.83. The number of carboxylic acid groups (broad SMARTS) is 1. The first kappa shape index (κ1) is 12.8. The lowest BCUT2D eigenvalue weighted by molar-refractivity contribution is -0.270. The molecular formula is C12H17NO6. The van der Waals surface area contributed by atoms with Gasteiger partial charge in [-0.1, -0.05) is 6.42 Å². The second-order valence-electron chi connectivity index (χ2n) is 5.43. The maximum atomic E-state index is 12.0. The Morgan fingerprint density at radius 1 is 1.37 bits per heavy atom. The van der Waals surface area contributed by atoms with Gasteiger partial charge in [0.2, 0.25) is 5.79 Å². The van der Waals surface area contributed by atoms with E-state index in [1.807, 2.05) is 0 Å². The van der Waals surface area contributed by atoms with Crippen molar-refractivity contribution >= 4 is 11.9 Å². The van der Waals surface area contributed by atoms with E-state index < -0.39 is 29.6 Å². The number of aliphatic carboxylic acids is 1. The molecule has 0 radical (unpaired) electrons. The van der Waals surface area contributed by atoms with Crippen LogP contribution in [-0.2, 0) is 23.9 Å². The zero-order chi connectivity index (χ0) is 13.5. The quantitative estimate of drug-likeness (QED) is 0.713. The van der Waals surface area contributed by atoms with Crippen LogP contribution in [0.2, 0.25) is 0 Å². The Balaban J connectivity index is 1.71. The molecule has 1 aliphatic carbocycles. The van der Waals surface area contributed by atoms with Crippen LogP contribution in [0.1, 0.15) is 44.9 Å². The van der Waals surface area contributed by atoms with Crippen LogP contribution in [0.5, 0.6) is 0 Å². The number of ether oxygens (including phenoxy) is 2. The summed E-state index contributed by atoms with van der Waals surface area (Å²) in [5.41, 5.74) is 2.57. The predicted octanol–water partition coefficient (Wildman–Crippen LogP) is 0.685. The Bertz CT molecular complexity index is 405. The molecule has 2 aliphatic heterocycles. The number of hydroxylamine groups is 1. The molecule has 106 valence electrons. The van der Waals surface area contributed by atoms with E-state index in [-0.39, 0.29) is 12.8 Å². The van der Waals surface area contributed by atoms with E-state index in [1.165, 1.54) is 0 Å². The lowest BCUT2D eigenvalue weighted by Crippen LogP contribution is -2.39. The molecule has 2 saturated heterocycles. The second-order valence-corrected chi connectivity index (χ2v) is 5.43. The average molecular weight is 271 g/mol. The van der Waals surface area contributed by atoms with Crippen LogP contribution < -0.4 is 5.48 Å². The summed E-state index contributed by atoms with van der Waals surface area (Å²) < 4.78 is 11.2. The summed E-state index contributed by atoms with van der Waals surface area (Å²) in [5, 5.41) is 8.76. The summed E-state index contributed by atoms with van der Waals surface area (Å²) in [6.45, 7) is 0. The molecule has 2 N–H and O–H groups in total. The Hall–Kier alpha value is -1.18. The topological polar surface area (TPSA) is 94.1 Å². The zero-order valence-electron chi connectivity index (χ0n) is 10.5. The normalized spacial score (nSPS) is 36.8. The largest absolute Gasteiger partial charge is 0.481 e. The third-order valence-corrected chi connectivity index (χ3v) is 3.88. The number of carboxylic acids is 1. The molecule has 2 atom stereocenters. The highest BCUT2D eigenvalue weighted by Gasteiger charge is 2.62. The molecule has 3 rings (SSSR count). The predicted molar refractivity (Wildman–Crippen MR) is 60.6 cm³/mol. The number of hydrogen-bond acceptors (Lipinski definition) is 6. The molecular weight excluding hydrogens is 254 g/mol. The molecule has 0 bridgehead atoms. The number of hydrogen-bond donors (Lipinski definition) is 2. The van der Waals surface area contributed by atoms with Gasteiger partial charge >= 0.3 is 11.9 Å². The molecule has 3 fully saturated rings. The van der Waals surface area contributed by atoms with Crippen LogP contribution in [0.3, 0.4) is 0 Å². The fourth-order valence-corrected chi connectivity index (χ4v) is 3.00. The monoisotopic (exact) mass is 271 g/mol. The number of carbonyl (C=O) groups excluding carboxylic acids is 1. The first-order chi connectivity index (χ1) is 9.04. The van der Waals surface area contributed by atoms with E-state index in [0.717, 1.165) is 19.3 Å². The van der Waals surface area contributed by atoms with E-state index >= 15 is 0 Å². The lowest BCUT2D eigenvalue weighted by atomic mass is 9.94. The number of rotatable bonds is 2.